The van der Waals surface area contributed by atoms with E-state index >= 15 is 0 Å². The van der Waals surface area contributed by atoms with Crippen LogP contribution in [0.3, 0.4) is 0 Å². The molecule has 1 fully saturated rings. The minimum Gasteiger partial charge on any atom is -0.366 e. The van der Waals surface area contributed by atoms with Gasteiger partial charge in [0.05, 0.1) is 11.4 Å². The van der Waals surface area contributed by atoms with Gasteiger partial charge in [-0.25, -0.2) is 0 Å². The van der Waals surface area contributed by atoms with Gasteiger partial charge in [-0.3, -0.25) is 9.69 Å². The third-order valence-corrected chi connectivity index (χ3v) is 5.74. The molecule has 3 nitrogen and oxygen atoms in total. The van der Waals surface area contributed by atoms with Crippen LogP contribution in [0.2, 0.25) is 0 Å². The summed E-state index contributed by atoms with van der Waals surface area (Å²) in [5.74, 6) is -0.299. The molecule has 0 bridgehead atoms. The maximum atomic E-state index is 13.5. The lowest BCUT2D eigenvalue weighted by atomic mass is 10.1. The summed E-state index contributed by atoms with van der Waals surface area (Å²) in [6.45, 7) is 0.790. The molecule has 1 aromatic carbocycles. The summed E-state index contributed by atoms with van der Waals surface area (Å²) < 4.78 is 45.8. The van der Waals surface area contributed by atoms with Crippen molar-refractivity contribution < 1.29 is 22.7 Å². The molecular weight excluding hydrogens is 363 g/mol. The van der Waals surface area contributed by atoms with Crippen LogP contribution >= 0.6 is 11.3 Å². The van der Waals surface area contributed by atoms with Gasteiger partial charge in [-0.15, -0.1) is 11.3 Å². The molecule has 1 aromatic heterocycles. The fraction of sp³-hybridized carbons (Fsp3) is 0.421. The van der Waals surface area contributed by atoms with E-state index < -0.39 is 11.1 Å². The van der Waals surface area contributed by atoms with E-state index in [9.17, 15) is 18.0 Å². The Labute approximate surface area is 154 Å². The van der Waals surface area contributed by atoms with Crippen molar-refractivity contribution in [3.05, 3.63) is 46.2 Å². The minimum atomic E-state index is -4.49. The normalized spacial score (nSPS) is 18.8. The largest absolute Gasteiger partial charge is 0.426 e. The number of methoxy groups -OCH3 is 1. The van der Waals surface area contributed by atoms with Crippen molar-refractivity contribution in [1.82, 2.24) is 4.90 Å². The third-order valence-electron chi connectivity index (χ3n) is 4.52. The molecule has 0 radical (unpaired) electrons. The summed E-state index contributed by atoms with van der Waals surface area (Å²) in [6, 6.07) is 9.73. The Morgan fingerprint density at radius 2 is 2.00 bits per heavy atom. The fourth-order valence-electron chi connectivity index (χ4n) is 3.24. The van der Waals surface area contributed by atoms with Crippen molar-refractivity contribution in [1.29, 1.82) is 0 Å². The molecular formula is C19H20F3NO2S. The van der Waals surface area contributed by atoms with E-state index in [2.05, 4.69) is 0 Å². The molecule has 140 valence electrons. The van der Waals surface area contributed by atoms with Crippen LogP contribution in [-0.2, 0) is 10.9 Å². The number of thiophene rings is 1. The van der Waals surface area contributed by atoms with E-state index in [0.29, 0.717) is 23.4 Å². The van der Waals surface area contributed by atoms with E-state index in [0.717, 1.165) is 19.3 Å². The second-order valence-corrected chi connectivity index (χ2v) is 7.35. The lowest BCUT2D eigenvalue weighted by Gasteiger charge is -2.33. The van der Waals surface area contributed by atoms with Crippen LogP contribution in [0.25, 0.3) is 11.1 Å². The Kier molecular flexibility index (Phi) is 5.79. The van der Waals surface area contributed by atoms with Crippen LogP contribution in [0, 0.1) is 0 Å². The Morgan fingerprint density at radius 1 is 1.27 bits per heavy atom. The highest BCUT2D eigenvalue weighted by atomic mass is 32.1. The number of Topliss-reactive ketones (excluding diaryl/α,β-unsaturated/α-hetero) is 1. The van der Waals surface area contributed by atoms with Crippen molar-refractivity contribution in [2.45, 2.75) is 31.7 Å². The van der Waals surface area contributed by atoms with Crippen LogP contribution in [0.4, 0.5) is 13.2 Å². The number of alkyl halides is 3. The number of rotatable bonds is 5. The average molecular weight is 383 g/mol. The van der Waals surface area contributed by atoms with Crippen molar-refractivity contribution in [2.75, 3.05) is 20.2 Å². The number of carbonyl (C=O) groups is 1. The van der Waals surface area contributed by atoms with Gasteiger partial charge in [0, 0.05) is 19.2 Å². The summed E-state index contributed by atoms with van der Waals surface area (Å²) in [4.78, 5) is 14.0. The minimum absolute atomic E-state index is 0.0633. The number of nitrogens with zero attached hydrogens (tertiary/aromatic N) is 1. The van der Waals surface area contributed by atoms with Gasteiger partial charge in [-0.05, 0) is 30.9 Å². The predicted molar refractivity (Wildman–Crippen MR) is 95.3 cm³/mol. The van der Waals surface area contributed by atoms with Crippen molar-refractivity contribution in [3.8, 4) is 11.1 Å². The highest BCUT2D eigenvalue weighted by Crippen LogP contribution is 2.43. The second-order valence-electron chi connectivity index (χ2n) is 6.30. The van der Waals surface area contributed by atoms with Gasteiger partial charge in [-0.2, -0.15) is 13.2 Å². The molecule has 0 aliphatic carbocycles. The Morgan fingerprint density at radius 3 is 2.65 bits per heavy atom. The molecule has 0 amide bonds. The van der Waals surface area contributed by atoms with Crippen LogP contribution in [0.5, 0.6) is 0 Å². The summed E-state index contributed by atoms with van der Waals surface area (Å²) in [5.41, 5.74) is 0.524. The second kappa shape index (κ2) is 7.90. The quantitative estimate of drug-likeness (QED) is 0.675. The molecule has 26 heavy (non-hydrogen) atoms. The topological polar surface area (TPSA) is 29.5 Å². The number of hydrogen-bond donors (Lipinski definition) is 0. The lowest BCUT2D eigenvalue weighted by Crippen LogP contribution is -2.43. The average Bonchev–Trinajstić information content (AvgIpc) is 3.09. The number of halogens is 3. The van der Waals surface area contributed by atoms with Crippen LogP contribution in [-0.4, -0.2) is 37.1 Å². The standard InChI is InChI=1S/C19H20F3NO2S/c1-25-17-9-5-6-10-23(17)12-15(24)16-11-14(13-7-3-2-4-8-13)18(26-16)19(20,21)22/h2-4,7-8,11,17H,5-6,9-10,12H2,1H3. The van der Waals surface area contributed by atoms with Gasteiger partial charge in [0.1, 0.15) is 11.1 Å². The SMILES string of the molecule is COC1CCCCN1CC(=O)c1cc(-c2ccccc2)c(C(F)(F)F)s1. The smallest absolute Gasteiger partial charge is 0.366 e. The number of piperidine rings is 1. The molecule has 2 heterocycles. The van der Waals surface area contributed by atoms with E-state index in [1.54, 1.807) is 37.4 Å². The van der Waals surface area contributed by atoms with Gasteiger partial charge in [0.25, 0.3) is 0 Å². The Hall–Kier alpha value is -1.70. The molecule has 1 aliphatic heterocycles. The first kappa shape index (κ1) is 19.1. The van der Waals surface area contributed by atoms with Crippen LogP contribution < -0.4 is 0 Å². The molecule has 1 unspecified atom stereocenters. The number of carbonyl (C=O) groups excluding carboxylic acids is 1. The molecule has 1 saturated heterocycles. The molecule has 0 saturated carbocycles. The van der Waals surface area contributed by atoms with E-state index in [1.807, 2.05) is 4.90 Å². The maximum Gasteiger partial charge on any atom is 0.426 e. The summed E-state index contributed by atoms with van der Waals surface area (Å²) in [5, 5.41) is 0. The van der Waals surface area contributed by atoms with Gasteiger partial charge in [0.2, 0.25) is 0 Å². The number of hydrogen-bond acceptors (Lipinski definition) is 4. The molecule has 1 atom stereocenters. The van der Waals surface area contributed by atoms with Gasteiger partial charge in [-0.1, -0.05) is 30.3 Å². The zero-order valence-corrected chi connectivity index (χ0v) is 15.2. The summed E-state index contributed by atoms with van der Waals surface area (Å²) >= 11 is 0.525. The number of benzene rings is 1. The maximum absolute atomic E-state index is 13.5. The van der Waals surface area contributed by atoms with E-state index in [1.165, 1.54) is 6.07 Å². The van der Waals surface area contributed by atoms with Crippen molar-refractivity contribution >= 4 is 17.1 Å². The zero-order valence-electron chi connectivity index (χ0n) is 14.4. The highest BCUT2D eigenvalue weighted by Gasteiger charge is 2.37. The fourth-order valence-corrected chi connectivity index (χ4v) is 4.22. The molecule has 0 spiro atoms. The summed E-state index contributed by atoms with van der Waals surface area (Å²) in [6.07, 6.45) is -1.83. The zero-order chi connectivity index (χ0) is 18.7. The van der Waals surface area contributed by atoms with Crippen LogP contribution in [0.15, 0.2) is 36.4 Å². The third kappa shape index (κ3) is 4.16. The van der Waals surface area contributed by atoms with Gasteiger partial charge >= 0.3 is 6.18 Å². The molecule has 1 aliphatic rings. The lowest BCUT2D eigenvalue weighted by molar-refractivity contribution is -0.133. The number of ketones is 1. The number of ether oxygens (including phenoxy) is 1. The van der Waals surface area contributed by atoms with Crippen molar-refractivity contribution in [2.24, 2.45) is 0 Å². The van der Waals surface area contributed by atoms with Crippen molar-refractivity contribution in [3.63, 3.8) is 0 Å². The molecule has 0 N–H and O–H groups in total. The molecule has 7 heteroatoms. The van der Waals surface area contributed by atoms with Crippen LogP contribution in [0.1, 0.15) is 33.8 Å². The predicted octanol–water partition coefficient (Wildman–Crippen LogP) is 5.08. The van der Waals surface area contributed by atoms with Gasteiger partial charge in [0.15, 0.2) is 5.78 Å². The first-order valence-electron chi connectivity index (χ1n) is 8.46. The first-order chi connectivity index (χ1) is 12.4. The van der Waals surface area contributed by atoms with E-state index in [4.69, 9.17) is 4.74 Å². The monoisotopic (exact) mass is 383 g/mol. The Bertz CT molecular complexity index is 758. The summed E-state index contributed by atoms with van der Waals surface area (Å²) in [7, 11) is 1.59. The first-order valence-corrected chi connectivity index (χ1v) is 9.28. The Balaban J connectivity index is 1.88. The molecule has 2 aromatic rings. The molecule has 3 rings (SSSR count). The highest BCUT2D eigenvalue weighted by molar-refractivity contribution is 7.14. The van der Waals surface area contributed by atoms with Gasteiger partial charge < -0.3 is 4.74 Å². The number of likely N-dealkylation sites (tertiary alicyclic amines) is 1. The van der Waals surface area contributed by atoms with E-state index in [-0.39, 0.29) is 29.0 Å².